The molecule has 0 aliphatic carbocycles. The van der Waals surface area contributed by atoms with E-state index in [1.165, 1.54) is 0 Å². The molecule has 3 nitrogen and oxygen atoms in total. The van der Waals surface area contributed by atoms with E-state index in [2.05, 4.69) is 19.2 Å². The first-order valence-electron chi connectivity index (χ1n) is 7.48. The molecule has 4 heteroatoms. The molecule has 2 aromatic rings. The maximum absolute atomic E-state index is 12.6. The van der Waals surface area contributed by atoms with E-state index in [0.29, 0.717) is 17.3 Å². The van der Waals surface area contributed by atoms with Crippen LogP contribution in [0.5, 0.6) is 0 Å². The Labute approximate surface area is 136 Å². The van der Waals surface area contributed by atoms with E-state index in [1.54, 1.807) is 12.1 Å². The zero-order valence-corrected chi connectivity index (χ0v) is 13.7. The number of nitrogens with one attached hydrogen (secondary N) is 1. The molecular formula is C18H21ClN2O. The Balaban J connectivity index is 2.15. The van der Waals surface area contributed by atoms with Gasteiger partial charge in [-0.2, -0.15) is 0 Å². The number of rotatable bonds is 5. The van der Waals surface area contributed by atoms with Crippen molar-refractivity contribution in [2.75, 3.05) is 5.32 Å². The van der Waals surface area contributed by atoms with Crippen LogP contribution in [-0.4, -0.2) is 17.0 Å². The molecule has 0 bridgehead atoms. The lowest BCUT2D eigenvalue weighted by Gasteiger charge is -2.29. The molecule has 0 radical (unpaired) electrons. The molecule has 2 amide bonds. The molecule has 2 rings (SSSR count). The van der Waals surface area contributed by atoms with Crippen molar-refractivity contribution in [3.63, 3.8) is 0 Å². The van der Waals surface area contributed by atoms with Crippen LogP contribution in [0.15, 0.2) is 54.6 Å². The normalized spacial score (nSPS) is 11.8. The molecule has 0 aliphatic rings. The maximum atomic E-state index is 12.6. The zero-order chi connectivity index (χ0) is 15.9. The molecule has 0 saturated carbocycles. The highest BCUT2D eigenvalue weighted by atomic mass is 35.5. The largest absolute Gasteiger partial charge is 0.322 e. The monoisotopic (exact) mass is 316 g/mol. The van der Waals surface area contributed by atoms with Gasteiger partial charge in [-0.05, 0) is 31.0 Å². The van der Waals surface area contributed by atoms with Gasteiger partial charge in [0.2, 0.25) is 0 Å². The van der Waals surface area contributed by atoms with Crippen LogP contribution in [0, 0.1) is 0 Å². The van der Waals surface area contributed by atoms with Gasteiger partial charge in [0, 0.05) is 12.6 Å². The molecule has 116 valence electrons. The molecule has 22 heavy (non-hydrogen) atoms. The lowest BCUT2D eigenvalue weighted by Crippen LogP contribution is -2.40. The first-order valence-corrected chi connectivity index (χ1v) is 7.85. The number of para-hydroxylation sites is 1. The smallest absolute Gasteiger partial charge is 0.318 e. The second kappa shape index (κ2) is 7.85. The summed E-state index contributed by atoms with van der Waals surface area (Å²) in [6, 6.07) is 17.3. The minimum absolute atomic E-state index is 0.133. The number of anilines is 1. The van der Waals surface area contributed by atoms with E-state index in [9.17, 15) is 4.79 Å². The second-order valence-corrected chi connectivity index (χ2v) is 5.69. The van der Waals surface area contributed by atoms with Crippen LogP contribution in [0.4, 0.5) is 10.5 Å². The summed E-state index contributed by atoms with van der Waals surface area (Å²) in [4.78, 5) is 14.5. The predicted molar refractivity (Wildman–Crippen MR) is 92.2 cm³/mol. The van der Waals surface area contributed by atoms with Gasteiger partial charge < -0.3 is 10.2 Å². The van der Waals surface area contributed by atoms with Crippen molar-refractivity contribution in [1.82, 2.24) is 4.90 Å². The fraction of sp³-hybridized carbons (Fsp3) is 0.278. The number of urea groups is 1. The van der Waals surface area contributed by atoms with Gasteiger partial charge in [0.05, 0.1) is 10.7 Å². The number of carbonyl (C=O) groups excluding carboxylic acids is 1. The highest BCUT2D eigenvalue weighted by molar-refractivity contribution is 6.33. The Hall–Kier alpha value is -2.00. The highest BCUT2D eigenvalue weighted by Crippen LogP contribution is 2.22. The highest BCUT2D eigenvalue weighted by Gasteiger charge is 2.19. The van der Waals surface area contributed by atoms with Crippen molar-refractivity contribution in [2.45, 2.75) is 32.9 Å². The minimum Gasteiger partial charge on any atom is -0.318 e. The SMILES string of the molecule is CCC(C)N(Cc1ccccc1)C(=O)Nc1ccccc1Cl. The number of halogens is 1. The van der Waals surface area contributed by atoms with E-state index in [1.807, 2.05) is 47.4 Å². The number of carbonyl (C=O) groups is 1. The van der Waals surface area contributed by atoms with Crippen LogP contribution in [0.3, 0.4) is 0 Å². The van der Waals surface area contributed by atoms with Crippen LogP contribution in [0.25, 0.3) is 0 Å². The number of nitrogens with zero attached hydrogens (tertiary/aromatic N) is 1. The molecule has 0 saturated heterocycles. The Kier molecular flexibility index (Phi) is 5.84. The summed E-state index contributed by atoms with van der Waals surface area (Å²) in [5.41, 5.74) is 1.74. The molecule has 1 N–H and O–H groups in total. The number of amides is 2. The van der Waals surface area contributed by atoms with E-state index in [0.717, 1.165) is 12.0 Å². The van der Waals surface area contributed by atoms with Crippen molar-refractivity contribution in [2.24, 2.45) is 0 Å². The lowest BCUT2D eigenvalue weighted by atomic mass is 10.1. The van der Waals surface area contributed by atoms with Crippen LogP contribution in [0.1, 0.15) is 25.8 Å². The van der Waals surface area contributed by atoms with E-state index in [-0.39, 0.29) is 12.1 Å². The standard InChI is InChI=1S/C18H21ClN2O/c1-3-14(2)21(13-15-9-5-4-6-10-15)18(22)20-17-12-8-7-11-16(17)19/h4-12,14H,3,13H2,1-2H3,(H,20,22). The van der Waals surface area contributed by atoms with Crippen LogP contribution < -0.4 is 5.32 Å². The summed E-state index contributed by atoms with van der Waals surface area (Å²) in [7, 11) is 0. The van der Waals surface area contributed by atoms with E-state index in [4.69, 9.17) is 11.6 Å². The Morgan fingerprint density at radius 2 is 1.77 bits per heavy atom. The molecule has 1 atom stereocenters. The van der Waals surface area contributed by atoms with Gasteiger partial charge in [-0.1, -0.05) is 61.0 Å². The van der Waals surface area contributed by atoms with Crippen molar-refractivity contribution < 1.29 is 4.79 Å². The topological polar surface area (TPSA) is 32.3 Å². The number of hydrogen-bond acceptors (Lipinski definition) is 1. The fourth-order valence-electron chi connectivity index (χ4n) is 2.18. The second-order valence-electron chi connectivity index (χ2n) is 5.28. The quantitative estimate of drug-likeness (QED) is 0.810. The number of benzene rings is 2. The van der Waals surface area contributed by atoms with E-state index < -0.39 is 0 Å². The average molecular weight is 317 g/mol. The molecule has 2 aromatic carbocycles. The molecule has 1 unspecified atom stereocenters. The lowest BCUT2D eigenvalue weighted by molar-refractivity contribution is 0.187. The predicted octanol–water partition coefficient (Wildman–Crippen LogP) is 5.17. The van der Waals surface area contributed by atoms with Gasteiger partial charge in [0.15, 0.2) is 0 Å². The summed E-state index contributed by atoms with van der Waals surface area (Å²) in [6.45, 7) is 4.70. The van der Waals surface area contributed by atoms with E-state index >= 15 is 0 Å². The fourth-order valence-corrected chi connectivity index (χ4v) is 2.36. The van der Waals surface area contributed by atoms with Crippen LogP contribution in [-0.2, 0) is 6.54 Å². The Bertz CT molecular complexity index is 615. The zero-order valence-electron chi connectivity index (χ0n) is 12.9. The Morgan fingerprint density at radius 1 is 1.14 bits per heavy atom. The van der Waals surface area contributed by atoms with Crippen LogP contribution >= 0.6 is 11.6 Å². The third kappa shape index (κ3) is 4.25. The van der Waals surface area contributed by atoms with Gasteiger partial charge in [-0.25, -0.2) is 4.79 Å². The van der Waals surface area contributed by atoms with Gasteiger partial charge in [0.1, 0.15) is 0 Å². The number of hydrogen-bond donors (Lipinski definition) is 1. The average Bonchev–Trinajstić information content (AvgIpc) is 2.55. The van der Waals surface area contributed by atoms with Crippen molar-refractivity contribution in [3.05, 3.63) is 65.2 Å². The maximum Gasteiger partial charge on any atom is 0.322 e. The van der Waals surface area contributed by atoms with Crippen molar-refractivity contribution in [1.29, 1.82) is 0 Å². The third-order valence-corrected chi connectivity index (χ3v) is 4.02. The van der Waals surface area contributed by atoms with Gasteiger partial charge in [-0.3, -0.25) is 0 Å². The minimum atomic E-state index is -0.133. The summed E-state index contributed by atoms with van der Waals surface area (Å²) >= 11 is 6.11. The molecule has 0 heterocycles. The summed E-state index contributed by atoms with van der Waals surface area (Å²) in [5, 5.41) is 3.44. The third-order valence-electron chi connectivity index (χ3n) is 3.69. The first kappa shape index (κ1) is 16.4. The van der Waals surface area contributed by atoms with Crippen molar-refractivity contribution >= 4 is 23.3 Å². The summed E-state index contributed by atoms with van der Waals surface area (Å²) in [6.07, 6.45) is 0.892. The summed E-state index contributed by atoms with van der Waals surface area (Å²) in [5.74, 6) is 0. The van der Waals surface area contributed by atoms with Crippen molar-refractivity contribution in [3.8, 4) is 0 Å². The molecule has 0 spiro atoms. The van der Waals surface area contributed by atoms with Crippen LogP contribution in [0.2, 0.25) is 5.02 Å². The van der Waals surface area contributed by atoms with Gasteiger partial charge >= 0.3 is 6.03 Å². The first-order chi connectivity index (χ1) is 10.6. The van der Waals surface area contributed by atoms with Gasteiger partial charge in [-0.15, -0.1) is 0 Å². The molecular weight excluding hydrogens is 296 g/mol. The summed E-state index contributed by atoms with van der Waals surface area (Å²) < 4.78 is 0. The Morgan fingerprint density at radius 3 is 2.41 bits per heavy atom. The molecule has 0 aliphatic heterocycles. The molecule has 0 aromatic heterocycles. The molecule has 0 fully saturated rings. The van der Waals surface area contributed by atoms with Gasteiger partial charge in [0.25, 0.3) is 0 Å².